The van der Waals surface area contributed by atoms with Gasteiger partial charge >= 0.3 is 0 Å². The van der Waals surface area contributed by atoms with E-state index in [0.29, 0.717) is 0 Å². The summed E-state index contributed by atoms with van der Waals surface area (Å²) >= 11 is 5.26. The molecule has 0 N–H and O–H groups in total. The van der Waals surface area contributed by atoms with Crippen LogP contribution in [0.3, 0.4) is 0 Å². The van der Waals surface area contributed by atoms with Crippen LogP contribution in [0.2, 0.25) is 0 Å². The van der Waals surface area contributed by atoms with Gasteiger partial charge in [-0.25, -0.2) is 0 Å². The number of rotatable bonds is 2. The van der Waals surface area contributed by atoms with E-state index >= 15 is 0 Å². The zero-order valence-corrected chi connectivity index (χ0v) is 6.00. The van der Waals surface area contributed by atoms with Gasteiger partial charge in [0.1, 0.15) is 6.35 Å². The van der Waals surface area contributed by atoms with Crippen LogP contribution < -0.4 is 0 Å². The van der Waals surface area contributed by atoms with Crippen molar-refractivity contribution in [1.29, 1.82) is 0 Å². The molecule has 0 amide bonds. The summed E-state index contributed by atoms with van der Waals surface area (Å²) < 4.78 is 15.0. The maximum absolute atomic E-state index is 10.5. The van der Waals surface area contributed by atoms with E-state index in [1.165, 1.54) is 13.8 Å². The molecule has 0 aliphatic rings. The van der Waals surface area contributed by atoms with E-state index in [1.807, 2.05) is 0 Å². The molecule has 0 radical (unpaired) electrons. The van der Waals surface area contributed by atoms with Crippen LogP contribution in [0.4, 0.5) is 0 Å². The van der Waals surface area contributed by atoms with E-state index in [4.69, 9.17) is 11.2 Å². The first kappa shape index (κ1) is 7.48. The summed E-state index contributed by atoms with van der Waals surface area (Å²) in [5.74, 6) is 0. The Balaban J connectivity index is 3.36. The fourth-order valence-electron chi connectivity index (χ4n) is 0.231. The summed E-state index contributed by atoms with van der Waals surface area (Å²) in [6, 6.07) is 0. The lowest BCUT2D eigenvalue weighted by molar-refractivity contribution is 0.251. The van der Waals surface area contributed by atoms with E-state index in [1.54, 1.807) is 0 Å². The van der Waals surface area contributed by atoms with Crippen LogP contribution in [0, 0.1) is 0 Å². The maximum Gasteiger partial charge on any atom is 0.190 e. The van der Waals surface area contributed by atoms with Crippen molar-refractivity contribution >= 4 is 17.7 Å². The second-order valence-corrected chi connectivity index (χ2v) is 5.78. The Bertz CT molecular complexity index is 86.9. The molecule has 0 heterocycles. The van der Waals surface area contributed by atoms with Crippen LogP contribution in [-0.2, 0) is 9.30 Å². The SMILES string of the molecule is COCP(C)(=O)Cl. The van der Waals surface area contributed by atoms with Crippen LogP contribution in [0.5, 0.6) is 0 Å². The summed E-state index contributed by atoms with van der Waals surface area (Å²) in [6.45, 7) is -0.945. The van der Waals surface area contributed by atoms with Gasteiger partial charge in [0.25, 0.3) is 0 Å². The van der Waals surface area contributed by atoms with Crippen molar-refractivity contribution in [2.75, 3.05) is 20.1 Å². The molecule has 0 bridgehead atoms. The van der Waals surface area contributed by atoms with Gasteiger partial charge in [-0.1, -0.05) is 11.2 Å². The summed E-state index contributed by atoms with van der Waals surface area (Å²) in [4.78, 5) is 0. The fraction of sp³-hybridized carbons (Fsp3) is 1.00. The Hall–Kier alpha value is 0.480. The van der Waals surface area contributed by atoms with Crippen LogP contribution in [0.25, 0.3) is 0 Å². The topological polar surface area (TPSA) is 26.3 Å². The quantitative estimate of drug-likeness (QED) is 0.549. The molecule has 44 valence electrons. The predicted octanol–water partition coefficient (Wildman–Crippen LogP) is 1.74. The first-order valence-electron chi connectivity index (χ1n) is 1.81. The molecule has 0 saturated heterocycles. The average Bonchev–Trinajstić information content (AvgIpc) is 1.30. The lowest BCUT2D eigenvalue weighted by atomic mass is 11.5. The number of halogens is 1. The predicted molar refractivity (Wildman–Crippen MR) is 31.3 cm³/mol. The van der Waals surface area contributed by atoms with Gasteiger partial charge in [-0.2, -0.15) is 0 Å². The van der Waals surface area contributed by atoms with Gasteiger partial charge in [0.2, 0.25) is 0 Å². The monoisotopic (exact) mass is 142 g/mol. The van der Waals surface area contributed by atoms with Gasteiger partial charge in [-0.05, 0) is 0 Å². The standard InChI is InChI=1S/C3H8ClO2P/c1-6-3-7(2,4)5/h3H2,1-2H3. The summed E-state index contributed by atoms with van der Waals surface area (Å²) in [6.07, 6.45) is 0.161. The van der Waals surface area contributed by atoms with Crippen LogP contribution in [0.1, 0.15) is 0 Å². The van der Waals surface area contributed by atoms with Gasteiger partial charge in [-0.3, -0.25) is 0 Å². The minimum absolute atomic E-state index is 0.161. The Kier molecular flexibility index (Phi) is 2.89. The molecule has 0 fully saturated rings. The van der Waals surface area contributed by atoms with Crippen LogP contribution >= 0.6 is 17.7 Å². The van der Waals surface area contributed by atoms with Crippen molar-refractivity contribution in [3.05, 3.63) is 0 Å². The summed E-state index contributed by atoms with van der Waals surface area (Å²) in [5.41, 5.74) is 0. The van der Waals surface area contributed by atoms with Crippen LogP contribution in [-0.4, -0.2) is 20.1 Å². The molecule has 0 aromatic rings. The second-order valence-electron chi connectivity index (χ2n) is 1.40. The van der Waals surface area contributed by atoms with Gasteiger partial charge in [0, 0.05) is 13.8 Å². The smallest absolute Gasteiger partial charge is 0.190 e. The van der Waals surface area contributed by atoms with Gasteiger partial charge < -0.3 is 9.30 Å². The highest BCUT2D eigenvalue weighted by molar-refractivity contribution is 7.88. The van der Waals surface area contributed by atoms with Crippen molar-refractivity contribution in [2.45, 2.75) is 0 Å². The van der Waals surface area contributed by atoms with E-state index < -0.39 is 6.49 Å². The molecule has 0 aliphatic heterocycles. The zero-order valence-electron chi connectivity index (χ0n) is 4.35. The van der Waals surface area contributed by atoms with Gasteiger partial charge in [0.05, 0.1) is 0 Å². The van der Waals surface area contributed by atoms with Crippen molar-refractivity contribution in [3.8, 4) is 0 Å². The lowest BCUT2D eigenvalue weighted by Gasteiger charge is -1.98. The molecule has 0 aromatic carbocycles. The molecule has 7 heavy (non-hydrogen) atoms. The molecule has 0 spiro atoms. The van der Waals surface area contributed by atoms with Crippen molar-refractivity contribution < 1.29 is 9.30 Å². The second kappa shape index (κ2) is 2.71. The lowest BCUT2D eigenvalue weighted by Crippen LogP contribution is -1.82. The first-order chi connectivity index (χ1) is 3.06. The highest BCUT2D eigenvalue weighted by Gasteiger charge is 2.06. The molecule has 0 aliphatic carbocycles. The Morgan fingerprint density at radius 3 is 2.29 bits per heavy atom. The fourth-order valence-corrected chi connectivity index (χ4v) is 0.985. The van der Waals surface area contributed by atoms with Gasteiger partial charge in [0.15, 0.2) is 6.49 Å². The maximum atomic E-state index is 10.5. The summed E-state index contributed by atoms with van der Waals surface area (Å²) in [5, 5.41) is 0. The van der Waals surface area contributed by atoms with E-state index in [0.717, 1.165) is 0 Å². The highest BCUT2D eigenvalue weighted by atomic mass is 35.7. The number of methoxy groups -OCH3 is 1. The Labute approximate surface area is 48.0 Å². The molecular formula is C3H8ClO2P. The molecule has 0 saturated carbocycles. The molecule has 0 rings (SSSR count). The highest BCUT2D eigenvalue weighted by Crippen LogP contribution is 2.46. The number of ether oxygens (including phenoxy) is 1. The molecule has 0 aromatic heterocycles. The number of hydrogen-bond donors (Lipinski definition) is 0. The van der Waals surface area contributed by atoms with Crippen LogP contribution in [0.15, 0.2) is 0 Å². The van der Waals surface area contributed by atoms with E-state index in [-0.39, 0.29) is 6.35 Å². The zero-order chi connectivity index (χ0) is 5.91. The minimum atomic E-state index is -2.42. The molecule has 1 atom stereocenters. The largest absolute Gasteiger partial charge is 0.376 e. The minimum Gasteiger partial charge on any atom is -0.376 e. The summed E-state index contributed by atoms with van der Waals surface area (Å²) in [7, 11) is 1.47. The molecular weight excluding hydrogens is 134 g/mol. The third-order valence-corrected chi connectivity index (χ3v) is 1.37. The van der Waals surface area contributed by atoms with Crippen molar-refractivity contribution in [2.24, 2.45) is 0 Å². The van der Waals surface area contributed by atoms with Crippen molar-refractivity contribution in [1.82, 2.24) is 0 Å². The first-order valence-corrected chi connectivity index (χ1v) is 5.06. The number of hydrogen-bond acceptors (Lipinski definition) is 2. The molecule has 4 heteroatoms. The normalized spacial score (nSPS) is 18.7. The van der Waals surface area contributed by atoms with Crippen molar-refractivity contribution in [3.63, 3.8) is 0 Å². The molecule has 1 unspecified atom stereocenters. The van der Waals surface area contributed by atoms with Gasteiger partial charge in [-0.15, -0.1) is 0 Å². The average molecular weight is 143 g/mol. The third kappa shape index (κ3) is 6.48. The Morgan fingerprint density at radius 2 is 2.29 bits per heavy atom. The van der Waals surface area contributed by atoms with E-state index in [2.05, 4.69) is 4.74 Å². The Morgan fingerprint density at radius 1 is 1.86 bits per heavy atom. The third-order valence-electron chi connectivity index (χ3n) is 0.360. The molecule has 2 nitrogen and oxygen atoms in total. The van der Waals surface area contributed by atoms with E-state index in [9.17, 15) is 4.57 Å².